The molecule has 0 saturated carbocycles. The summed E-state index contributed by atoms with van der Waals surface area (Å²) in [5, 5.41) is 11.5. The number of amides is 1. The number of benzene rings is 2. The Balaban J connectivity index is 0.00000306. The molecule has 0 atom stereocenters. The fourth-order valence-corrected chi connectivity index (χ4v) is 3.96. The highest BCUT2D eigenvalue weighted by atomic mass is 35.5. The maximum absolute atomic E-state index is 12.8. The number of nitrogens with zero attached hydrogens (tertiary/aromatic N) is 2. The van der Waals surface area contributed by atoms with Crippen LogP contribution in [0.1, 0.15) is 46.6 Å². The number of hydrogen-bond acceptors (Lipinski definition) is 4. The van der Waals surface area contributed by atoms with Crippen molar-refractivity contribution in [3.63, 3.8) is 0 Å². The Bertz CT molecular complexity index is 1130. The molecule has 1 aliphatic heterocycles. The normalized spacial score (nSPS) is 12.8. The molecule has 6 nitrogen and oxygen atoms in total. The van der Waals surface area contributed by atoms with Gasteiger partial charge in [-0.2, -0.15) is 5.10 Å². The van der Waals surface area contributed by atoms with E-state index in [1.807, 2.05) is 54.1 Å². The predicted molar refractivity (Wildman–Crippen MR) is 135 cm³/mol. The second-order valence-corrected chi connectivity index (χ2v) is 9.09. The molecule has 1 aliphatic rings. The van der Waals surface area contributed by atoms with Gasteiger partial charge in [-0.05, 0) is 67.3 Å². The van der Waals surface area contributed by atoms with Crippen molar-refractivity contribution in [2.75, 3.05) is 18.5 Å². The van der Waals surface area contributed by atoms with Crippen LogP contribution in [0.3, 0.4) is 0 Å². The standard InChI is InChI=1S/C25H29ClN4O2.ClH/c1-16(2)15-32-23-7-6-22(26)12-21(23)14-30-17(3)10-24(29-30)28-25(31)19-4-5-20-13-27-9-8-18(20)11-19;/h4-7,10-12,16,27H,8-9,13-15H2,1-3H3,(H,28,29,31);1H. The number of hydrogen-bond donors (Lipinski definition) is 2. The number of aromatic nitrogens is 2. The lowest BCUT2D eigenvalue weighted by Crippen LogP contribution is -2.24. The molecule has 1 amide bonds. The Morgan fingerprint density at radius 3 is 2.82 bits per heavy atom. The van der Waals surface area contributed by atoms with Gasteiger partial charge in [0, 0.05) is 34.5 Å². The van der Waals surface area contributed by atoms with Crippen LogP contribution in [0.4, 0.5) is 5.82 Å². The van der Waals surface area contributed by atoms with Crippen molar-refractivity contribution in [1.29, 1.82) is 0 Å². The minimum atomic E-state index is -0.153. The van der Waals surface area contributed by atoms with E-state index < -0.39 is 0 Å². The smallest absolute Gasteiger partial charge is 0.256 e. The molecule has 0 bridgehead atoms. The molecule has 2 heterocycles. The molecular weight excluding hydrogens is 459 g/mol. The van der Waals surface area contributed by atoms with Crippen LogP contribution in [0.15, 0.2) is 42.5 Å². The Morgan fingerprint density at radius 2 is 2.03 bits per heavy atom. The third-order valence-corrected chi connectivity index (χ3v) is 5.73. The van der Waals surface area contributed by atoms with Crippen LogP contribution in [-0.4, -0.2) is 28.8 Å². The zero-order chi connectivity index (χ0) is 22.7. The first-order valence-electron chi connectivity index (χ1n) is 11.0. The zero-order valence-electron chi connectivity index (χ0n) is 19.2. The summed E-state index contributed by atoms with van der Waals surface area (Å²) in [5.74, 6) is 1.59. The number of halogens is 2. The van der Waals surface area contributed by atoms with E-state index in [-0.39, 0.29) is 18.3 Å². The molecule has 176 valence electrons. The second-order valence-electron chi connectivity index (χ2n) is 8.65. The van der Waals surface area contributed by atoms with Crippen molar-refractivity contribution in [1.82, 2.24) is 15.1 Å². The number of anilines is 1. The number of ether oxygens (including phenoxy) is 1. The van der Waals surface area contributed by atoms with E-state index in [0.29, 0.717) is 35.5 Å². The Kier molecular flexibility index (Phi) is 8.40. The minimum absolute atomic E-state index is 0. The maximum atomic E-state index is 12.8. The van der Waals surface area contributed by atoms with Gasteiger partial charge in [0.1, 0.15) is 5.75 Å². The van der Waals surface area contributed by atoms with Crippen molar-refractivity contribution in [2.45, 2.75) is 40.3 Å². The van der Waals surface area contributed by atoms with E-state index in [0.717, 1.165) is 36.5 Å². The monoisotopic (exact) mass is 488 g/mol. The summed E-state index contributed by atoms with van der Waals surface area (Å²) in [7, 11) is 0. The summed E-state index contributed by atoms with van der Waals surface area (Å²) in [4.78, 5) is 12.8. The van der Waals surface area contributed by atoms with E-state index in [2.05, 4.69) is 29.6 Å². The molecule has 0 radical (unpaired) electrons. The molecule has 8 heteroatoms. The van der Waals surface area contributed by atoms with Crippen LogP contribution >= 0.6 is 24.0 Å². The molecule has 0 spiro atoms. The summed E-state index contributed by atoms with van der Waals surface area (Å²) in [6, 6.07) is 13.4. The van der Waals surface area contributed by atoms with E-state index in [1.54, 1.807) is 0 Å². The molecule has 33 heavy (non-hydrogen) atoms. The molecule has 1 aromatic heterocycles. The largest absolute Gasteiger partial charge is 0.493 e. The Morgan fingerprint density at radius 1 is 1.21 bits per heavy atom. The van der Waals surface area contributed by atoms with Crippen LogP contribution in [0.25, 0.3) is 0 Å². The quantitative estimate of drug-likeness (QED) is 0.476. The predicted octanol–water partition coefficient (Wildman–Crippen LogP) is 5.25. The van der Waals surface area contributed by atoms with Gasteiger partial charge in [-0.3, -0.25) is 9.48 Å². The first-order valence-corrected chi connectivity index (χ1v) is 11.4. The highest BCUT2D eigenvalue weighted by molar-refractivity contribution is 6.30. The summed E-state index contributed by atoms with van der Waals surface area (Å²) in [5.41, 5.74) is 5.02. The van der Waals surface area contributed by atoms with Crippen molar-refractivity contribution in [3.8, 4) is 5.75 Å². The lowest BCUT2D eigenvalue weighted by molar-refractivity contribution is 0.102. The molecular formula is C25H30Cl2N4O2. The maximum Gasteiger partial charge on any atom is 0.256 e. The number of fused-ring (bicyclic) bond motifs is 1. The van der Waals surface area contributed by atoms with Gasteiger partial charge in [0.2, 0.25) is 0 Å². The lowest BCUT2D eigenvalue weighted by atomic mass is 9.98. The molecule has 2 aromatic carbocycles. The van der Waals surface area contributed by atoms with Crippen LogP contribution in [-0.2, 0) is 19.5 Å². The second kappa shape index (κ2) is 11.1. The summed E-state index contributed by atoms with van der Waals surface area (Å²) >= 11 is 6.23. The average molecular weight is 489 g/mol. The highest BCUT2D eigenvalue weighted by Gasteiger charge is 2.15. The van der Waals surface area contributed by atoms with Crippen molar-refractivity contribution >= 4 is 35.7 Å². The third kappa shape index (κ3) is 6.28. The molecule has 2 N–H and O–H groups in total. The fraction of sp³-hybridized carbons (Fsp3) is 0.360. The van der Waals surface area contributed by atoms with Gasteiger partial charge in [0.05, 0.1) is 13.2 Å². The third-order valence-electron chi connectivity index (χ3n) is 5.49. The van der Waals surface area contributed by atoms with Gasteiger partial charge in [0.25, 0.3) is 5.91 Å². The molecule has 0 aliphatic carbocycles. The van der Waals surface area contributed by atoms with Gasteiger partial charge in [-0.15, -0.1) is 12.4 Å². The molecule has 4 rings (SSSR count). The van der Waals surface area contributed by atoms with E-state index >= 15 is 0 Å². The van der Waals surface area contributed by atoms with Crippen LogP contribution in [0.5, 0.6) is 5.75 Å². The Hall–Kier alpha value is -2.54. The SMILES string of the molecule is Cc1cc(NC(=O)c2ccc3c(c2)CCNC3)nn1Cc1cc(Cl)ccc1OCC(C)C.Cl. The topological polar surface area (TPSA) is 68.2 Å². The van der Waals surface area contributed by atoms with Gasteiger partial charge in [0.15, 0.2) is 5.82 Å². The zero-order valence-corrected chi connectivity index (χ0v) is 20.7. The highest BCUT2D eigenvalue weighted by Crippen LogP contribution is 2.25. The summed E-state index contributed by atoms with van der Waals surface area (Å²) < 4.78 is 7.82. The first-order chi connectivity index (χ1) is 15.4. The number of rotatable bonds is 7. The van der Waals surface area contributed by atoms with Crippen molar-refractivity contribution < 1.29 is 9.53 Å². The number of carbonyl (C=O) groups is 1. The van der Waals surface area contributed by atoms with Crippen LogP contribution < -0.4 is 15.4 Å². The first kappa shape index (κ1) is 25.1. The molecule has 0 fully saturated rings. The van der Waals surface area contributed by atoms with Crippen molar-refractivity contribution in [2.24, 2.45) is 5.92 Å². The number of carbonyl (C=O) groups excluding carboxylic acids is 1. The number of aryl methyl sites for hydroxylation is 1. The van der Waals surface area contributed by atoms with Crippen LogP contribution in [0.2, 0.25) is 5.02 Å². The molecule has 0 unspecified atom stereocenters. The van der Waals surface area contributed by atoms with Crippen LogP contribution in [0, 0.1) is 12.8 Å². The van der Waals surface area contributed by atoms with E-state index in [9.17, 15) is 4.79 Å². The molecule has 3 aromatic rings. The average Bonchev–Trinajstić information content (AvgIpc) is 3.11. The number of nitrogens with one attached hydrogen (secondary N) is 2. The summed E-state index contributed by atoms with van der Waals surface area (Å²) in [6.45, 7) is 9.12. The van der Waals surface area contributed by atoms with Gasteiger partial charge in [-0.1, -0.05) is 31.5 Å². The van der Waals surface area contributed by atoms with Gasteiger partial charge < -0.3 is 15.4 Å². The molecule has 0 saturated heterocycles. The van der Waals surface area contributed by atoms with Gasteiger partial charge >= 0.3 is 0 Å². The Labute approximate surface area is 206 Å². The van der Waals surface area contributed by atoms with E-state index in [1.165, 1.54) is 11.1 Å². The van der Waals surface area contributed by atoms with E-state index in [4.69, 9.17) is 16.3 Å². The van der Waals surface area contributed by atoms with Gasteiger partial charge in [-0.25, -0.2) is 0 Å². The van der Waals surface area contributed by atoms with Crippen molar-refractivity contribution in [3.05, 3.63) is 75.4 Å². The lowest BCUT2D eigenvalue weighted by Gasteiger charge is -2.17. The fourth-order valence-electron chi connectivity index (χ4n) is 3.77. The summed E-state index contributed by atoms with van der Waals surface area (Å²) in [6.07, 6.45) is 0.936. The minimum Gasteiger partial charge on any atom is -0.493 e.